The highest BCUT2D eigenvalue weighted by atomic mass is 16.2. The number of rotatable bonds is 4. The molecule has 0 aliphatic carbocycles. The van der Waals surface area contributed by atoms with Gasteiger partial charge in [0.15, 0.2) is 0 Å². The number of hydrogen-bond donors (Lipinski definition) is 3. The van der Waals surface area contributed by atoms with Crippen molar-refractivity contribution in [2.45, 2.75) is 6.42 Å². The smallest absolute Gasteiger partial charge is 0.0472 e. The van der Waals surface area contributed by atoms with Crippen molar-refractivity contribution in [1.29, 1.82) is 0 Å². The van der Waals surface area contributed by atoms with Gasteiger partial charge in [-0.1, -0.05) is 12.1 Å². The molecule has 0 aromatic heterocycles. The Morgan fingerprint density at radius 2 is 1.70 bits per heavy atom. The molecular formula is C16H21N3O. The van der Waals surface area contributed by atoms with Crippen molar-refractivity contribution in [1.82, 2.24) is 0 Å². The van der Waals surface area contributed by atoms with Crippen LogP contribution in [0.5, 0.6) is 0 Å². The minimum absolute atomic E-state index is 0.0664. The molecule has 2 aromatic rings. The molecule has 0 fully saturated rings. The molecular weight excluding hydrogens is 250 g/mol. The summed E-state index contributed by atoms with van der Waals surface area (Å²) in [6.07, 6.45) is 0.525. The van der Waals surface area contributed by atoms with E-state index in [-0.39, 0.29) is 6.61 Å². The van der Waals surface area contributed by atoms with E-state index >= 15 is 0 Å². The van der Waals surface area contributed by atoms with Crippen molar-refractivity contribution in [2.75, 3.05) is 37.1 Å². The van der Waals surface area contributed by atoms with Crippen LogP contribution < -0.4 is 16.4 Å². The minimum atomic E-state index is 0.0664. The SMILES string of the molecule is CN(C)c1ccc(-c2cc(N)cc(N)c2CCO)cc1. The summed E-state index contributed by atoms with van der Waals surface area (Å²) in [6, 6.07) is 11.8. The van der Waals surface area contributed by atoms with Crippen LogP contribution in [0.4, 0.5) is 17.1 Å². The van der Waals surface area contributed by atoms with Crippen molar-refractivity contribution in [3.8, 4) is 11.1 Å². The fourth-order valence-electron chi connectivity index (χ4n) is 2.31. The largest absolute Gasteiger partial charge is 0.399 e. The molecule has 106 valence electrons. The average Bonchev–Trinajstić information content (AvgIpc) is 2.41. The van der Waals surface area contributed by atoms with Gasteiger partial charge in [0.25, 0.3) is 0 Å². The van der Waals surface area contributed by atoms with Crippen LogP contribution in [0.1, 0.15) is 5.56 Å². The minimum Gasteiger partial charge on any atom is -0.399 e. The Balaban J connectivity index is 2.50. The van der Waals surface area contributed by atoms with Crippen LogP contribution in [0, 0.1) is 0 Å². The van der Waals surface area contributed by atoms with Crippen molar-refractivity contribution in [3.63, 3.8) is 0 Å². The monoisotopic (exact) mass is 271 g/mol. The number of aliphatic hydroxyl groups excluding tert-OH is 1. The second kappa shape index (κ2) is 5.84. The summed E-state index contributed by atoms with van der Waals surface area (Å²) in [7, 11) is 4.01. The van der Waals surface area contributed by atoms with E-state index in [0.717, 1.165) is 22.4 Å². The number of nitrogens with two attached hydrogens (primary N) is 2. The number of nitrogens with zero attached hydrogens (tertiary/aromatic N) is 1. The Morgan fingerprint density at radius 1 is 1.05 bits per heavy atom. The zero-order chi connectivity index (χ0) is 14.7. The maximum atomic E-state index is 9.21. The second-order valence-corrected chi connectivity index (χ2v) is 5.05. The lowest BCUT2D eigenvalue weighted by molar-refractivity contribution is 0.300. The molecule has 2 aromatic carbocycles. The van der Waals surface area contributed by atoms with Crippen molar-refractivity contribution in [2.24, 2.45) is 0 Å². The Labute approximate surface area is 119 Å². The predicted molar refractivity (Wildman–Crippen MR) is 85.8 cm³/mol. The summed E-state index contributed by atoms with van der Waals surface area (Å²) in [5.74, 6) is 0. The van der Waals surface area contributed by atoms with Crippen molar-refractivity contribution < 1.29 is 5.11 Å². The molecule has 0 aliphatic rings. The number of aliphatic hydroxyl groups is 1. The standard InChI is InChI=1S/C16H21N3O/c1-19(2)13-5-3-11(4-6-13)15-9-12(17)10-16(18)14(15)7-8-20/h3-6,9-10,20H,7-8,17-18H2,1-2H3. The zero-order valence-corrected chi connectivity index (χ0v) is 11.9. The van der Waals surface area contributed by atoms with E-state index in [1.165, 1.54) is 0 Å². The van der Waals surface area contributed by atoms with Gasteiger partial charge < -0.3 is 21.5 Å². The third-order valence-electron chi connectivity index (χ3n) is 3.36. The Hall–Kier alpha value is -2.20. The fraction of sp³-hybridized carbons (Fsp3) is 0.250. The molecule has 0 atom stereocenters. The number of nitrogen functional groups attached to an aromatic ring is 2. The molecule has 5 N–H and O–H groups in total. The predicted octanol–water partition coefficient (Wildman–Crippen LogP) is 2.12. The van der Waals surface area contributed by atoms with E-state index in [2.05, 4.69) is 12.1 Å². The van der Waals surface area contributed by atoms with Gasteiger partial charge in [-0.05, 0) is 47.4 Å². The molecule has 0 saturated heterocycles. The van der Waals surface area contributed by atoms with Gasteiger partial charge in [-0.25, -0.2) is 0 Å². The topological polar surface area (TPSA) is 75.5 Å². The first-order valence-electron chi connectivity index (χ1n) is 6.59. The molecule has 4 nitrogen and oxygen atoms in total. The molecule has 2 rings (SSSR count). The summed E-state index contributed by atoms with van der Waals surface area (Å²) in [4.78, 5) is 2.05. The molecule has 4 heteroatoms. The first kappa shape index (κ1) is 14.2. The van der Waals surface area contributed by atoms with Crippen LogP contribution in [0.15, 0.2) is 36.4 Å². The zero-order valence-electron chi connectivity index (χ0n) is 11.9. The summed E-state index contributed by atoms with van der Waals surface area (Å²) < 4.78 is 0. The maximum absolute atomic E-state index is 9.21. The first-order chi connectivity index (χ1) is 9.52. The average molecular weight is 271 g/mol. The summed E-state index contributed by atoms with van der Waals surface area (Å²) >= 11 is 0. The Bertz CT molecular complexity index is 591. The third kappa shape index (κ3) is 2.86. The lowest BCUT2D eigenvalue weighted by atomic mass is 9.95. The highest BCUT2D eigenvalue weighted by molar-refractivity contribution is 5.78. The quantitative estimate of drug-likeness (QED) is 0.745. The Kier molecular flexibility index (Phi) is 4.15. The van der Waals surface area contributed by atoms with Gasteiger partial charge in [0.1, 0.15) is 0 Å². The maximum Gasteiger partial charge on any atom is 0.0472 e. The number of hydrogen-bond acceptors (Lipinski definition) is 4. The summed E-state index contributed by atoms with van der Waals surface area (Å²) in [5.41, 5.74) is 17.3. The highest BCUT2D eigenvalue weighted by Gasteiger charge is 2.10. The van der Waals surface area contributed by atoms with E-state index in [4.69, 9.17) is 11.5 Å². The molecule has 0 bridgehead atoms. The lowest BCUT2D eigenvalue weighted by Crippen LogP contribution is -2.08. The molecule has 0 heterocycles. The molecule has 0 radical (unpaired) electrons. The molecule has 0 amide bonds. The lowest BCUT2D eigenvalue weighted by Gasteiger charge is -2.16. The van der Waals surface area contributed by atoms with Gasteiger partial charge in [-0.3, -0.25) is 0 Å². The molecule has 0 saturated carbocycles. The van der Waals surface area contributed by atoms with Gasteiger partial charge in [0.05, 0.1) is 0 Å². The Morgan fingerprint density at radius 3 is 2.25 bits per heavy atom. The molecule has 0 aliphatic heterocycles. The highest BCUT2D eigenvalue weighted by Crippen LogP contribution is 2.32. The van der Waals surface area contributed by atoms with Crippen LogP contribution in [-0.4, -0.2) is 25.8 Å². The molecule has 20 heavy (non-hydrogen) atoms. The third-order valence-corrected chi connectivity index (χ3v) is 3.36. The van der Waals surface area contributed by atoms with Gasteiger partial charge in [0, 0.05) is 37.8 Å². The van der Waals surface area contributed by atoms with Gasteiger partial charge in [-0.15, -0.1) is 0 Å². The van der Waals surface area contributed by atoms with E-state index in [9.17, 15) is 5.11 Å². The second-order valence-electron chi connectivity index (χ2n) is 5.05. The molecule has 0 unspecified atom stereocenters. The van der Waals surface area contributed by atoms with E-state index in [0.29, 0.717) is 17.8 Å². The van der Waals surface area contributed by atoms with E-state index in [1.54, 1.807) is 6.07 Å². The van der Waals surface area contributed by atoms with Crippen LogP contribution in [0.25, 0.3) is 11.1 Å². The van der Waals surface area contributed by atoms with Crippen molar-refractivity contribution in [3.05, 3.63) is 42.0 Å². The summed E-state index contributed by atoms with van der Waals surface area (Å²) in [6.45, 7) is 0.0664. The first-order valence-corrected chi connectivity index (χ1v) is 6.59. The van der Waals surface area contributed by atoms with E-state index < -0.39 is 0 Å². The number of benzene rings is 2. The van der Waals surface area contributed by atoms with Gasteiger partial charge in [-0.2, -0.15) is 0 Å². The normalized spacial score (nSPS) is 10.6. The van der Waals surface area contributed by atoms with Crippen LogP contribution >= 0.6 is 0 Å². The van der Waals surface area contributed by atoms with Crippen LogP contribution in [0.3, 0.4) is 0 Å². The fourth-order valence-corrected chi connectivity index (χ4v) is 2.31. The number of anilines is 3. The van der Waals surface area contributed by atoms with Crippen LogP contribution in [0.2, 0.25) is 0 Å². The summed E-state index contributed by atoms with van der Waals surface area (Å²) in [5, 5.41) is 9.21. The van der Waals surface area contributed by atoms with Crippen LogP contribution in [-0.2, 0) is 6.42 Å². The van der Waals surface area contributed by atoms with Gasteiger partial charge in [0.2, 0.25) is 0 Å². The van der Waals surface area contributed by atoms with Gasteiger partial charge >= 0.3 is 0 Å². The van der Waals surface area contributed by atoms with Crippen molar-refractivity contribution >= 4 is 17.1 Å². The molecule has 0 spiro atoms. The van der Waals surface area contributed by atoms with E-state index in [1.807, 2.05) is 37.2 Å².